The van der Waals surface area contributed by atoms with E-state index in [0.29, 0.717) is 31.1 Å². The number of nitrogens with one attached hydrogen (secondary N) is 1. The van der Waals surface area contributed by atoms with Crippen molar-refractivity contribution in [2.45, 2.75) is 12.6 Å². The zero-order valence-electron chi connectivity index (χ0n) is 15.0. The van der Waals surface area contributed by atoms with Crippen molar-refractivity contribution in [2.75, 3.05) is 31.7 Å². The van der Waals surface area contributed by atoms with Gasteiger partial charge in [0.05, 0.1) is 6.61 Å². The van der Waals surface area contributed by atoms with E-state index in [-0.39, 0.29) is 25.0 Å². The highest BCUT2D eigenvalue weighted by Gasteiger charge is 2.34. The molecule has 3 N–H and O–H groups in total. The molecule has 1 heterocycles. The maximum absolute atomic E-state index is 12.7. The molecule has 1 saturated heterocycles. The maximum Gasteiger partial charge on any atom is 0.249 e. The number of carbonyl (C=O) groups is 2. The molecule has 3 rings (SSSR count). The summed E-state index contributed by atoms with van der Waals surface area (Å²) in [6.07, 6.45) is 0. The van der Waals surface area contributed by atoms with Gasteiger partial charge < -0.3 is 25.4 Å². The van der Waals surface area contributed by atoms with Crippen LogP contribution in [0.3, 0.4) is 0 Å². The van der Waals surface area contributed by atoms with Crippen molar-refractivity contribution in [2.24, 2.45) is 5.73 Å². The normalized spacial score (nSPS) is 16.9. The van der Waals surface area contributed by atoms with Crippen molar-refractivity contribution in [3.05, 3.63) is 60.2 Å². The molecule has 0 unspecified atom stereocenters. The molecule has 0 radical (unpaired) electrons. The molecule has 1 fully saturated rings. The van der Waals surface area contributed by atoms with Crippen LogP contribution in [-0.2, 0) is 20.9 Å². The Hall–Kier alpha value is -2.90. The number of hydrogen-bond acceptors (Lipinski definition) is 5. The summed E-state index contributed by atoms with van der Waals surface area (Å²) in [6.45, 7) is 1.39. The largest absolute Gasteiger partial charge is 0.492 e. The lowest BCUT2D eigenvalue weighted by Crippen LogP contribution is -2.54. The van der Waals surface area contributed by atoms with Gasteiger partial charge in [0, 0.05) is 18.8 Å². The van der Waals surface area contributed by atoms with Crippen molar-refractivity contribution in [1.29, 1.82) is 0 Å². The Morgan fingerprint density at radius 1 is 1.19 bits per heavy atom. The highest BCUT2D eigenvalue weighted by atomic mass is 16.5. The van der Waals surface area contributed by atoms with Crippen LogP contribution in [0.1, 0.15) is 5.56 Å². The summed E-state index contributed by atoms with van der Waals surface area (Å²) in [5.41, 5.74) is 7.00. The highest BCUT2D eigenvalue weighted by Crippen LogP contribution is 2.18. The molecular weight excluding hydrogens is 346 g/mol. The van der Waals surface area contributed by atoms with E-state index >= 15 is 0 Å². The Labute approximate surface area is 158 Å². The Kier molecular flexibility index (Phi) is 6.40. The third-order valence-electron chi connectivity index (χ3n) is 4.20. The zero-order valence-corrected chi connectivity index (χ0v) is 15.0. The first kappa shape index (κ1) is 18.9. The number of rotatable bonds is 7. The van der Waals surface area contributed by atoms with Gasteiger partial charge in [-0.1, -0.05) is 30.3 Å². The molecule has 1 aliphatic rings. The van der Waals surface area contributed by atoms with Gasteiger partial charge in [0.2, 0.25) is 11.8 Å². The summed E-state index contributed by atoms with van der Waals surface area (Å²) in [5, 5.41) is 2.84. The van der Waals surface area contributed by atoms with Gasteiger partial charge in [-0.25, -0.2) is 0 Å². The van der Waals surface area contributed by atoms with E-state index in [0.717, 1.165) is 5.56 Å². The zero-order chi connectivity index (χ0) is 19.1. The quantitative estimate of drug-likeness (QED) is 0.769. The molecule has 2 aromatic carbocycles. The minimum absolute atomic E-state index is 0.0101. The van der Waals surface area contributed by atoms with Crippen LogP contribution in [0.15, 0.2) is 54.6 Å². The number of carbonyl (C=O) groups excluding carboxylic acids is 2. The average Bonchev–Trinajstić information content (AvgIpc) is 2.70. The number of nitrogens with zero attached hydrogens (tertiary/aromatic N) is 1. The van der Waals surface area contributed by atoms with Gasteiger partial charge >= 0.3 is 0 Å². The summed E-state index contributed by atoms with van der Waals surface area (Å²) in [4.78, 5) is 26.6. The number of ether oxygens (including phenoxy) is 2. The summed E-state index contributed by atoms with van der Waals surface area (Å²) in [6, 6.07) is 15.9. The van der Waals surface area contributed by atoms with E-state index in [9.17, 15) is 9.59 Å². The molecule has 2 amide bonds. The summed E-state index contributed by atoms with van der Waals surface area (Å²) >= 11 is 0. The van der Waals surface area contributed by atoms with E-state index in [4.69, 9.17) is 15.2 Å². The lowest BCUT2D eigenvalue weighted by molar-refractivity contribution is -0.154. The Bertz CT molecular complexity index is 765. The van der Waals surface area contributed by atoms with Crippen molar-refractivity contribution >= 4 is 17.5 Å². The predicted octanol–water partition coefficient (Wildman–Crippen LogP) is 1.39. The van der Waals surface area contributed by atoms with Crippen LogP contribution in [0.25, 0.3) is 0 Å². The molecule has 27 heavy (non-hydrogen) atoms. The molecular formula is C20H23N3O4. The standard InChI is InChI=1S/C20H23N3O4/c21-10-11-27-17-8-6-16(7-9-17)22-20(25)18-13-26-14-19(24)23(18)12-15-4-2-1-3-5-15/h1-9,18H,10-14,21H2,(H,22,25)/t18-/m1/s1. The van der Waals surface area contributed by atoms with Gasteiger partial charge in [-0.3, -0.25) is 9.59 Å². The molecule has 7 nitrogen and oxygen atoms in total. The van der Waals surface area contributed by atoms with Crippen LogP contribution in [0.4, 0.5) is 5.69 Å². The number of nitrogens with two attached hydrogens (primary N) is 1. The number of hydrogen-bond donors (Lipinski definition) is 2. The first-order chi connectivity index (χ1) is 13.2. The second-order valence-corrected chi connectivity index (χ2v) is 6.19. The third-order valence-corrected chi connectivity index (χ3v) is 4.20. The van der Waals surface area contributed by atoms with Gasteiger partial charge in [0.1, 0.15) is 25.0 Å². The Balaban J connectivity index is 1.66. The fraction of sp³-hybridized carbons (Fsp3) is 0.300. The van der Waals surface area contributed by atoms with Crippen molar-refractivity contribution in [1.82, 2.24) is 4.90 Å². The first-order valence-corrected chi connectivity index (χ1v) is 8.82. The Morgan fingerprint density at radius 2 is 1.93 bits per heavy atom. The van der Waals surface area contributed by atoms with Gasteiger partial charge in [-0.15, -0.1) is 0 Å². The summed E-state index contributed by atoms with van der Waals surface area (Å²) in [7, 11) is 0. The van der Waals surface area contributed by atoms with E-state index in [1.165, 1.54) is 0 Å². The lowest BCUT2D eigenvalue weighted by Gasteiger charge is -2.34. The van der Waals surface area contributed by atoms with Gasteiger partial charge in [0.25, 0.3) is 0 Å². The third kappa shape index (κ3) is 5.06. The van der Waals surface area contributed by atoms with Gasteiger partial charge in [0.15, 0.2) is 0 Å². The van der Waals surface area contributed by atoms with Crippen molar-refractivity contribution in [3.8, 4) is 5.75 Å². The molecule has 7 heteroatoms. The molecule has 0 saturated carbocycles. The van der Waals surface area contributed by atoms with Gasteiger partial charge in [-0.05, 0) is 29.8 Å². The van der Waals surface area contributed by atoms with Crippen LogP contribution < -0.4 is 15.8 Å². The van der Waals surface area contributed by atoms with Gasteiger partial charge in [-0.2, -0.15) is 0 Å². The van der Waals surface area contributed by atoms with E-state index < -0.39 is 6.04 Å². The second kappa shape index (κ2) is 9.16. The monoisotopic (exact) mass is 369 g/mol. The van der Waals surface area contributed by atoms with Crippen LogP contribution in [0, 0.1) is 0 Å². The molecule has 2 aromatic rings. The average molecular weight is 369 g/mol. The number of morpholine rings is 1. The summed E-state index contributed by atoms with van der Waals surface area (Å²) < 4.78 is 10.7. The maximum atomic E-state index is 12.7. The molecule has 0 spiro atoms. The molecule has 0 bridgehead atoms. The molecule has 1 atom stereocenters. The van der Waals surface area contributed by atoms with E-state index in [1.807, 2.05) is 30.3 Å². The van der Waals surface area contributed by atoms with Crippen LogP contribution in [-0.4, -0.2) is 49.1 Å². The Morgan fingerprint density at radius 3 is 2.63 bits per heavy atom. The number of benzene rings is 2. The van der Waals surface area contributed by atoms with Crippen molar-refractivity contribution in [3.63, 3.8) is 0 Å². The van der Waals surface area contributed by atoms with E-state index in [2.05, 4.69) is 5.32 Å². The topological polar surface area (TPSA) is 93.9 Å². The number of amides is 2. The highest BCUT2D eigenvalue weighted by molar-refractivity contribution is 5.98. The molecule has 0 aliphatic carbocycles. The van der Waals surface area contributed by atoms with Crippen LogP contribution in [0.2, 0.25) is 0 Å². The minimum atomic E-state index is -0.681. The molecule has 0 aromatic heterocycles. The molecule has 1 aliphatic heterocycles. The smallest absolute Gasteiger partial charge is 0.249 e. The fourth-order valence-electron chi connectivity index (χ4n) is 2.84. The number of anilines is 1. The summed E-state index contributed by atoms with van der Waals surface area (Å²) in [5.74, 6) is 0.200. The first-order valence-electron chi connectivity index (χ1n) is 8.82. The van der Waals surface area contributed by atoms with Crippen LogP contribution in [0.5, 0.6) is 5.75 Å². The predicted molar refractivity (Wildman–Crippen MR) is 101 cm³/mol. The molecule has 142 valence electrons. The SMILES string of the molecule is NCCOc1ccc(NC(=O)[C@H]2COCC(=O)N2Cc2ccccc2)cc1. The van der Waals surface area contributed by atoms with Crippen LogP contribution >= 0.6 is 0 Å². The van der Waals surface area contributed by atoms with Crippen molar-refractivity contribution < 1.29 is 19.1 Å². The lowest BCUT2D eigenvalue weighted by atomic mass is 10.1. The minimum Gasteiger partial charge on any atom is -0.492 e. The second-order valence-electron chi connectivity index (χ2n) is 6.19. The van der Waals surface area contributed by atoms with E-state index in [1.54, 1.807) is 29.2 Å². The fourth-order valence-corrected chi connectivity index (χ4v) is 2.84.